The molecule has 1 aromatic rings. The zero-order valence-electron chi connectivity index (χ0n) is 8.37. The Labute approximate surface area is 98.0 Å². The van der Waals surface area contributed by atoms with Crippen molar-refractivity contribution in [1.29, 1.82) is 5.26 Å². The molecule has 0 aromatic heterocycles. The van der Waals surface area contributed by atoms with Gasteiger partial charge in [-0.3, -0.25) is 0 Å². The van der Waals surface area contributed by atoms with Gasteiger partial charge in [0, 0.05) is 16.3 Å². The monoisotopic (exact) mass is 265 g/mol. The molecule has 0 N–H and O–H groups in total. The summed E-state index contributed by atoms with van der Waals surface area (Å²) in [4.78, 5) is 0. The minimum absolute atomic E-state index is 0.150. The molecule has 15 heavy (non-hydrogen) atoms. The van der Waals surface area contributed by atoms with Crippen molar-refractivity contribution in [3.05, 3.63) is 28.7 Å². The van der Waals surface area contributed by atoms with E-state index in [4.69, 9.17) is 10.00 Å². The molecule has 1 aliphatic rings. The lowest BCUT2D eigenvalue weighted by atomic mass is 10.1. The average Bonchev–Trinajstić information content (AvgIpc) is 2.97. The van der Waals surface area contributed by atoms with Crippen LogP contribution in [0.4, 0.5) is 0 Å². The molecule has 2 nitrogen and oxygen atoms in total. The summed E-state index contributed by atoms with van der Waals surface area (Å²) in [5.41, 5.74) is 0.150. The van der Waals surface area contributed by atoms with Gasteiger partial charge in [-0.2, -0.15) is 5.26 Å². The number of hydrogen-bond acceptors (Lipinski definition) is 2. The first-order chi connectivity index (χ1) is 7.24. The van der Waals surface area contributed by atoms with E-state index in [0.717, 1.165) is 23.1 Å². The van der Waals surface area contributed by atoms with Gasteiger partial charge >= 0.3 is 0 Å². The van der Waals surface area contributed by atoms with Gasteiger partial charge in [0.15, 0.2) is 0 Å². The van der Waals surface area contributed by atoms with Crippen LogP contribution >= 0.6 is 15.9 Å². The maximum Gasteiger partial charge on any atom is 0.120 e. The van der Waals surface area contributed by atoms with Crippen LogP contribution < -0.4 is 4.74 Å². The summed E-state index contributed by atoms with van der Waals surface area (Å²) in [5.74, 6) is 0.869. The van der Waals surface area contributed by atoms with Gasteiger partial charge in [0.2, 0.25) is 0 Å². The largest absolute Gasteiger partial charge is 0.493 e. The van der Waals surface area contributed by atoms with Crippen molar-refractivity contribution in [1.82, 2.24) is 0 Å². The number of nitrogens with zero attached hydrogens (tertiary/aromatic N) is 1. The van der Waals surface area contributed by atoms with Gasteiger partial charge in [0.25, 0.3) is 0 Å². The quantitative estimate of drug-likeness (QED) is 0.835. The third-order valence-electron chi connectivity index (χ3n) is 2.75. The Morgan fingerprint density at radius 1 is 1.47 bits per heavy atom. The molecule has 0 amide bonds. The van der Waals surface area contributed by atoms with Gasteiger partial charge in [-0.05, 0) is 31.0 Å². The summed E-state index contributed by atoms with van der Waals surface area (Å²) in [5, 5.41) is 8.67. The van der Waals surface area contributed by atoms with Crippen LogP contribution in [-0.2, 0) is 0 Å². The van der Waals surface area contributed by atoms with E-state index in [1.54, 1.807) is 0 Å². The van der Waals surface area contributed by atoms with E-state index in [-0.39, 0.29) is 5.41 Å². The first-order valence-electron chi connectivity index (χ1n) is 4.99. The molecule has 1 aliphatic carbocycles. The topological polar surface area (TPSA) is 33.0 Å². The van der Waals surface area contributed by atoms with Crippen LogP contribution in [0.3, 0.4) is 0 Å². The number of hydrogen-bond donors (Lipinski definition) is 0. The van der Waals surface area contributed by atoms with Crippen LogP contribution in [0, 0.1) is 16.7 Å². The van der Waals surface area contributed by atoms with E-state index in [0.29, 0.717) is 13.0 Å². The van der Waals surface area contributed by atoms with Crippen molar-refractivity contribution < 1.29 is 4.74 Å². The third kappa shape index (κ3) is 2.73. The third-order valence-corrected chi connectivity index (χ3v) is 3.25. The maximum absolute atomic E-state index is 8.67. The number of benzene rings is 1. The molecule has 1 saturated carbocycles. The lowest BCUT2D eigenvalue weighted by molar-refractivity contribution is 0.236. The molecule has 0 saturated heterocycles. The predicted molar refractivity (Wildman–Crippen MR) is 61.5 cm³/mol. The lowest BCUT2D eigenvalue weighted by Crippen LogP contribution is -2.12. The van der Waals surface area contributed by atoms with E-state index in [1.807, 2.05) is 24.3 Å². The highest BCUT2D eigenvalue weighted by molar-refractivity contribution is 9.10. The average molecular weight is 266 g/mol. The van der Waals surface area contributed by atoms with Crippen LogP contribution in [0.1, 0.15) is 19.3 Å². The van der Waals surface area contributed by atoms with E-state index in [2.05, 4.69) is 22.0 Å². The summed E-state index contributed by atoms with van der Waals surface area (Å²) >= 11 is 3.40. The second-order valence-corrected chi connectivity index (χ2v) is 5.00. The first kappa shape index (κ1) is 10.5. The number of nitriles is 1. The fourth-order valence-corrected chi connectivity index (χ4v) is 1.89. The van der Waals surface area contributed by atoms with Crippen molar-refractivity contribution in [2.24, 2.45) is 5.41 Å². The summed E-state index contributed by atoms with van der Waals surface area (Å²) in [6, 6.07) is 10.0. The molecule has 3 heteroatoms. The van der Waals surface area contributed by atoms with E-state index < -0.39 is 0 Å². The summed E-state index contributed by atoms with van der Waals surface area (Å²) in [7, 11) is 0. The van der Waals surface area contributed by atoms with Gasteiger partial charge in [0.05, 0.1) is 12.7 Å². The highest BCUT2D eigenvalue weighted by Gasteiger charge is 2.43. The zero-order valence-corrected chi connectivity index (χ0v) is 9.96. The van der Waals surface area contributed by atoms with Gasteiger partial charge < -0.3 is 4.74 Å². The van der Waals surface area contributed by atoms with Crippen LogP contribution in [0.2, 0.25) is 0 Å². The van der Waals surface area contributed by atoms with Gasteiger partial charge in [-0.25, -0.2) is 0 Å². The number of ether oxygens (including phenoxy) is 1. The minimum Gasteiger partial charge on any atom is -0.493 e. The maximum atomic E-state index is 8.67. The molecule has 0 radical (unpaired) electrons. The van der Waals surface area contributed by atoms with Crippen molar-refractivity contribution in [3.8, 4) is 11.8 Å². The number of rotatable bonds is 4. The van der Waals surface area contributed by atoms with Crippen molar-refractivity contribution in [2.45, 2.75) is 19.3 Å². The van der Waals surface area contributed by atoms with Gasteiger partial charge in [0.1, 0.15) is 5.75 Å². The van der Waals surface area contributed by atoms with Crippen molar-refractivity contribution >= 4 is 15.9 Å². The second-order valence-electron chi connectivity index (χ2n) is 4.08. The normalized spacial score (nSPS) is 16.8. The SMILES string of the molecule is N#CCC1(COc2cccc(Br)c2)CC1. The van der Waals surface area contributed by atoms with Gasteiger partial charge in [-0.1, -0.05) is 22.0 Å². The molecule has 2 rings (SSSR count). The van der Waals surface area contributed by atoms with Crippen molar-refractivity contribution in [2.75, 3.05) is 6.61 Å². The molecule has 78 valence electrons. The summed E-state index contributed by atoms with van der Waals surface area (Å²) in [6.07, 6.45) is 2.85. The molecule has 0 atom stereocenters. The molecule has 1 fully saturated rings. The van der Waals surface area contributed by atoms with Crippen LogP contribution in [0.15, 0.2) is 28.7 Å². The lowest BCUT2D eigenvalue weighted by Gasteiger charge is -2.12. The molecule has 0 heterocycles. The molecule has 0 unspecified atom stereocenters. The van der Waals surface area contributed by atoms with E-state index in [9.17, 15) is 0 Å². The molecular formula is C12H12BrNO. The van der Waals surface area contributed by atoms with Crippen LogP contribution in [-0.4, -0.2) is 6.61 Å². The molecule has 1 aromatic carbocycles. The summed E-state index contributed by atoms with van der Waals surface area (Å²) in [6.45, 7) is 0.664. The summed E-state index contributed by atoms with van der Waals surface area (Å²) < 4.78 is 6.70. The Hall–Kier alpha value is -1.01. The standard InChI is InChI=1S/C12H12BrNO/c13-10-2-1-3-11(8-10)15-9-12(4-5-12)6-7-14/h1-3,8H,4-6,9H2. The Morgan fingerprint density at radius 3 is 2.87 bits per heavy atom. The Kier molecular flexibility index (Phi) is 2.97. The Balaban J connectivity index is 1.91. The van der Waals surface area contributed by atoms with Crippen molar-refractivity contribution in [3.63, 3.8) is 0 Å². The van der Waals surface area contributed by atoms with E-state index in [1.165, 1.54) is 0 Å². The highest BCUT2D eigenvalue weighted by Crippen LogP contribution is 2.48. The molecule has 0 aliphatic heterocycles. The van der Waals surface area contributed by atoms with Crippen LogP contribution in [0.5, 0.6) is 5.75 Å². The smallest absolute Gasteiger partial charge is 0.120 e. The molecule has 0 bridgehead atoms. The fourth-order valence-electron chi connectivity index (χ4n) is 1.51. The highest BCUT2D eigenvalue weighted by atomic mass is 79.9. The Bertz CT molecular complexity index is 393. The van der Waals surface area contributed by atoms with E-state index >= 15 is 0 Å². The molecular weight excluding hydrogens is 254 g/mol. The predicted octanol–water partition coefficient (Wildman–Crippen LogP) is 3.52. The Morgan fingerprint density at radius 2 is 2.27 bits per heavy atom. The second kappa shape index (κ2) is 4.24. The molecule has 0 spiro atoms. The first-order valence-corrected chi connectivity index (χ1v) is 5.79. The fraction of sp³-hybridized carbons (Fsp3) is 0.417. The minimum atomic E-state index is 0.150. The zero-order chi connectivity index (χ0) is 10.7. The van der Waals surface area contributed by atoms with Crippen LogP contribution in [0.25, 0.3) is 0 Å². The van der Waals surface area contributed by atoms with Gasteiger partial charge in [-0.15, -0.1) is 0 Å². The number of halogens is 1.